The van der Waals surface area contributed by atoms with Gasteiger partial charge in [-0.25, -0.2) is 0 Å². The Morgan fingerprint density at radius 3 is 2.18 bits per heavy atom. The third kappa shape index (κ3) is 3.78. The van der Waals surface area contributed by atoms with Crippen LogP contribution in [0, 0.1) is 17.0 Å². The second-order valence-electron chi connectivity index (χ2n) is 4.51. The van der Waals surface area contributed by atoms with Crippen molar-refractivity contribution >= 4 is 75.3 Å². The van der Waals surface area contributed by atoms with E-state index < -0.39 is 24.9 Å². The number of fused-ring (bicyclic) bond motifs is 1. The van der Waals surface area contributed by atoms with E-state index in [1.807, 2.05) is 0 Å². The first kappa shape index (κ1) is 18.5. The molecule has 0 fully saturated rings. The number of nitro groups is 1. The molecule has 1 aliphatic rings. The van der Waals surface area contributed by atoms with Crippen LogP contribution in [-0.4, -0.2) is 18.8 Å². The van der Waals surface area contributed by atoms with Crippen LogP contribution in [0.5, 0.6) is 5.75 Å². The Kier molecular flexibility index (Phi) is 5.21. The number of hydrogen-bond donors (Lipinski definition) is 0. The molecule has 122 valence electrons. The highest BCUT2D eigenvalue weighted by Crippen LogP contribution is 2.53. The van der Waals surface area contributed by atoms with Crippen LogP contribution in [0.3, 0.4) is 0 Å². The van der Waals surface area contributed by atoms with Crippen molar-refractivity contribution in [2.24, 2.45) is 0 Å². The van der Waals surface area contributed by atoms with Crippen LogP contribution in [0.15, 0.2) is 12.1 Å². The number of rotatable bonds is 1. The zero-order chi connectivity index (χ0) is 16.9. The van der Waals surface area contributed by atoms with Gasteiger partial charge >= 0.3 is 5.69 Å². The van der Waals surface area contributed by atoms with Crippen LogP contribution in [0.1, 0.15) is 17.2 Å². The smallest absolute Gasteiger partial charge is 0.311 e. The number of nitrogens with zero attached hydrogens (tertiary/aromatic N) is 1. The first-order chi connectivity index (χ1) is 9.91. The van der Waals surface area contributed by atoms with Gasteiger partial charge in [0.05, 0.1) is 4.92 Å². The zero-order valence-electron chi connectivity index (χ0n) is 10.7. The SMILES string of the molecule is Cc1cc2c(c([N+](=O)[O-])c1)O[C@@H](C(Cl)(Cl)Cl)O[C@H]2C(Cl)(Cl)Cl. The van der Waals surface area contributed by atoms with Gasteiger partial charge in [0, 0.05) is 11.6 Å². The molecule has 2 rings (SSSR count). The van der Waals surface area contributed by atoms with E-state index in [4.69, 9.17) is 79.1 Å². The predicted octanol–water partition coefficient (Wildman–Crippen LogP) is 5.42. The predicted molar refractivity (Wildman–Crippen MR) is 86.7 cm³/mol. The Labute approximate surface area is 155 Å². The minimum atomic E-state index is -2.04. The lowest BCUT2D eigenvalue weighted by Crippen LogP contribution is -2.42. The number of ether oxygens (including phenoxy) is 2. The summed E-state index contributed by atoms with van der Waals surface area (Å²) in [5.74, 6) is -0.158. The maximum absolute atomic E-state index is 11.2. The fourth-order valence-corrected chi connectivity index (χ4v) is 2.76. The molecule has 1 aromatic carbocycles. The molecule has 0 radical (unpaired) electrons. The summed E-state index contributed by atoms with van der Waals surface area (Å²) in [6, 6.07) is 2.85. The average Bonchev–Trinajstić information content (AvgIpc) is 2.33. The highest BCUT2D eigenvalue weighted by atomic mass is 35.6. The standard InChI is InChI=1S/C11H7Cl6NO4/c1-4-2-5-7(6(3-4)18(19)20)21-9(11(15,16)17)22-8(5)10(12,13)14/h2-3,8-9H,1H3/t8-,9-/m1/s1. The minimum absolute atomic E-state index is 0.158. The first-order valence-corrected chi connectivity index (χ1v) is 7.92. The second kappa shape index (κ2) is 6.20. The van der Waals surface area contributed by atoms with E-state index in [0.29, 0.717) is 5.56 Å². The van der Waals surface area contributed by atoms with Crippen LogP contribution in [0.4, 0.5) is 5.69 Å². The average molecular weight is 430 g/mol. The summed E-state index contributed by atoms with van der Waals surface area (Å²) in [7, 11) is 0. The summed E-state index contributed by atoms with van der Waals surface area (Å²) in [6.45, 7) is 1.64. The highest BCUT2D eigenvalue weighted by Gasteiger charge is 2.50. The Morgan fingerprint density at radius 2 is 1.73 bits per heavy atom. The van der Waals surface area contributed by atoms with Gasteiger partial charge in [0.15, 0.2) is 0 Å². The summed E-state index contributed by atoms with van der Waals surface area (Å²) in [4.78, 5) is 10.6. The van der Waals surface area contributed by atoms with Crippen molar-refractivity contribution in [1.82, 2.24) is 0 Å². The molecule has 0 saturated carbocycles. The molecule has 0 N–H and O–H groups in total. The molecule has 0 bridgehead atoms. The summed E-state index contributed by atoms with van der Waals surface area (Å²) >= 11 is 34.9. The summed E-state index contributed by atoms with van der Waals surface area (Å²) in [5.41, 5.74) is 0.415. The van der Waals surface area contributed by atoms with Gasteiger partial charge in [0.1, 0.15) is 6.10 Å². The van der Waals surface area contributed by atoms with E-state index in [9.17, 15) is 10.1 Å². The van der Waals surface area contributed by atoms with Crippen LogP contribution < -0.4 is 4.74 Å². The fourth-order valence-electron chi connectivity index (χ4n) is 1.97. The van der Waals surface area contributed by atoms with E-state index in [0.717, 1.165) is 0 Å². The van der Waals surface area contributed by atoms with Crippen LogP contribution in [-0.2, 0) is 4.74 Å². The number of aryl methyl sites for hydroxylation is 1. The maximum Gasteiger partial charge on any atom is 0.311 e. The molecule has 1 aliphatic heterocycles. The van der Waals surface area contributed by atoms with Gasteiger partial charge in [-0.3, -0.25) is 10.1 Å². The summed E-state index contributed by atoms with van der Waals surface area (Å²) in [6.07, 6.45) is -2.69. The molecule has 0 aromatic heterocycles. The van der Waals surface area contributed by atoms with Crippen molar-refractivity contribution in [2.45, 2.75) is 26.9 Å². The third-order valence-corrected chi connectivity index (χ3v) is 3.90. The largest absolute Gasteiger partial charge is 0.453 e. The molecule has 1 aromatic rings. The molecule has 0 amide bonds. The number of benzene rings is 1. The molecule has 0 aliphatic carbocycles. The second-order valence-corrected chi connectivity index (χ2v) is 9.25. The van der Waals surface area contributed by atoms with Gasteiger partial charge < -0.3 is 9.47 Å². The Balaban J connectivity index is 2.66. The molecule has 0 unspecified atom stereocenters. The molecule has 0 saturated heterocycles. The maximum atomic E-state index is 11.2. The van der Waals surface area contributed by atoms with Gasteiger partial charge in [-0.05, 0) is 18.6 Å². The van der Waals surface area contributed by atoms with Gasteiger partial charge in [0.2, 0.25) is 15.8 Å². The van der Waals surface area contributed by atoms with E-state index in [-0.39, 0.29) is 17.0 Å². The minimum Gasteiger partial charge on any atom is -0.453 e. The van der Waals surface area contributed by atoms with E-state index >= 15 is 0 Å². The molecule has 22 heavy (non-hydrogen) atoms. The lowest BCUT2D eigenvalue weighted by Gasteiger charge is -2.37. The van der Waals surface area contributed by atoms with Gasteiger partial charge in [0.25, 0.3) is 3.79 Å². The zero-order valence-corrected chi connectivity index (χ0v) is 15.2. The molecular formula is C11H7Cl6NO4. The number of alkyl halides is 6. The van der Waals surface area contributed by atoms with Crippen molar-refractivity contribution in [3.8, 4) is 5.75 Å². The van der Waals surface area contributed by atoms with Gasteiger partial charge in [-0.15, -0.1) is 0 Å². The van der Waals surface area contributed by atoms with E-state index in [1.165, 1.54) is 6.07 Å². The molecule has 0 spiro atoms. The van der Waals surface area contributed by atoms with E-state index in [1.54, 1.807) is 13.0 Å². The number of nitro benzene ring substituents is 1. The fraction of sp³-hybridized carbons (Fsp3) is 0.455. The van der Waals surface area contributed by atoms with Crippen LogP contribution in [0.2, 0.25) is 0 Å². The Hall–Kier alpha value is 0.120. The van der Waals surface area contributed by atoms with Crippen molar-refractivity contribution in [1.29, 1.82) is 0 Å². The van der Waals surface area contributed by atoms with Crippen molar-refractivity contribution in [3.05, 3.63) is 33.4 Å². The van der Waals surface area contributed by atoms with Crippen molar-refractivity contribution < 1.29 is 14.4 Å². The molecule has 1 heterocycles. The Bertz CT molecular complexity index is 612. The third-order valence-electron chi connectivity index (χ3n) is 2.77. The summed E-state index contributed by atoms with van der Waals surface area (Å²) in [5, 5.41) is 11.2. The van der Waals surface area contributed by atoms with Crippen molar-refractivity contribution in [3.63, 3.8) is 0 Å². The van der Waals surface area contributed by atoms with Gasteiger partial charge in [-0.1, -0.05) is 69.6 Å². The van der Waals surface area contributed by atoms with Crippen LogP contribution >= 0.6 is 69.6 Å². The monoisotopic (exact) mass is 427 g/mol. The highest BCUT2D eigenvalue weighted by molar-refractivity contribution is 6.68. The summed E-state index contributed by atoms with van der Waals surface area (Å²) < 4.78 is 6.74. The lowest BCUT2D eigenvalue weighted by molar-refractivity contribution is -0.387. The normalized spacial score (nSPS) is 22.0. The molecule has 11 heteroatoms. The Morgan fingerprint density at radius 1 is 1.14 bits per heavy atom. The van der Waals surface area contributed by atoms with E-state index in [2.05, 4.69) is 0 Å². The molecule has 2 atom stereocenters. The van der Waals surface area contributed by atoms with Gasteiger partial charge in [-0.2, -0.15) is 0 Å². The molecular weight excluding hydrogens is 423 g/mol. The lowest BCUT2D eigenvalue weighted by atomic mass is 10.0. The quantitative estimate of drug-likeness (QED) is 0.339. The number of halogens is 6. The van der Waals surface area contributed by atoms with Crippen molar-refractivity contribution in [2.75, 3.05) is 0 Å². The molecule has 5 nitrogen and oxygen atoms in total. The topological polar surface area (TPSA) is 61.6 Å². The first-order valence-electron chi connectivity index (χ1n) is 5.65. The van der Waals surface area contributed by atoms with Crippen LogP contribution in [0.25, 0.3) is 0 Å². The number of hydrogen-bond acceptors (Lipinski definition) is 4.